The molecule has 0 aliphatic carbocycles. The van der Waals surface area contributed by atoms with Crippen molar-refractivity contribution in [2.24, 2.45) is 4.99 Å². The summed E-state index contributed by atoms with van der Waals surface area (Å²) in [6, 6.07) is 8.56. The molecule has 1 fully saturated rings. The Balaban J connectivity index is 1.43. The zero-order valence-electron chi connectivity index (χ0n) is 19.4. The first-order chi connectivity index (χ1) is 15.0. The molecule has 3 rings (SSSR count). The van der Waals surface area contributed by atoms with Gasteiger partial charge < -0.3 is 25.0 Å². The third-order valence-corrected chi connectivity index (χ3v) is 5.70. The van der Waals surface area contributed by atoms with Gasteiger partial charge in [-0.25, -0.2) is 0 Å². The Morgan fingerprint density at radius 2 is 1.77 bits per heavy atom. The van der Waals surface area contributed by atoms with Crippen molar-refractivity contribution in [3.8, 4) is 11.5 Å². The maximum absolute atomic E-state index is 5.41. The van der Waals surface area contributed by atoms with Crippen LogP contribution in [0.25, 0.3) is 0 Å². The van der Waals surface area contributed by atoms with Crippen LogP contribution in [0.5, 0.6) is 11.5 Å². The minimum atomic E-state index is 0.408. The van der Waals surface area contributed by atoms with E-state index in [2.05, 4.69) is 55.4 Å². The van der Waals surface area contributed by atoms with Crippen LogP contribution < -0.4 is 25.0 Å². The standard InChI is InChI=1S/C23H36N6O2/c1-17-13-18(2)29(27-17)10-6-9-25-23(24-3)26-19-7-11-28(12-8-19)20-14-21(30-4)16-22(15-20)31-5/h13-16,19H,6-12H2,1-5H3,(H2,24,25,26). The van der Waals surface area contributed by atoms with Crippen molar-refractivity contribution < 1.29 is 9.47 Å². The minimum absolute atomic E-state index is 0.408. The molecule has 1 aromatic heterocycles. The van der Waals surface area contributed by atoms with Crippen molar-refractivity contribution in [3.63, 3.8) is 0 Å². The van der Waals surface area contributed by atoms with E-state index in [0.29, 0.717) is 6.04 Å². The molecule has 8 nitrogen and oxygen atoms in total. The van der Waals surface area contributed by atoms with Gasteiger partial charge in [0.2, 0.25) is 0 Å². The molecule has 170 valence electrons. The smallest absolute Gasteiger partial charge is 0.191 e. The summed E-state index contributed by atoms with van der Waals surface area (Å²) in [5.74, 6) is 2.51. The summed E-state index contributed by atoms with van der Waals surface area (Å²) in [5.41, 5.74) is 3.42. The van der Waals surface area contributed by atoms with Crippen molar-refractivity contribution in [3.05, 3.63) is 35.7 Å². The van der Waals surface area contributed by atoms with Crippen LogP contribution in [0.1, 0.15) is 30.7 Å². The van der Waals surface area contributed by atoms with E-state index in [1.54, 1.807) is 14.2 Å². The molecular weight excluding hydrogens is 392 g/mol. The third-order valence-electron chi connectivity index (χ3n) is 5.70. The number of guanidine groups is 1. The average molecular weight is 429 g/mol. The number of methoxy groups -OCH3 is 2. The lowest BCUT2D eigenvalue weighted by molar-refractivity contribution is 0.393. The highest BCUT2D eigenvalue weighted by Gasteiger charge is 2.21. The van der Waals surface area contributed by atoms with E-state index in [1.807, 2.05) is 20.0 Å². The Morgan fingerprint density at radius 1 is 1.10 bits per heavy atom. The van der Waals surface area contributed by atoms with Crippen molar-refractivity contribution in [2.75, 3.05) is 45.8 Å². The predicted molar refractivity (Wildman–Crippen MR) is 126 cm³/mol. The summed E-state index contributed by atoms with van der Waals surface area (Å²) >= 11 is 0. The summed E-state index contributed by atoms with van der Waals surface area (Å²) in [6.07, 6.45) is 3.09. The minimum Gasteiger partial charge on any atom is -0.497 e. The third kappa shape index (κ3) is 6.29. The fourth-order valence-electron chi connectivity index (χ4n) is 3.98. The lowest BCUT2D eigenvalue weighted by Gasteiger charge is -2.34. The Bertz CT molecular complexity index is 849. The molecule has 1 aromatic carbocycles. The molecule has 2 heterocycles. The molecule has 0 amide bonds. The molecule has 31 heavy (non-hydrogen) atoms. The van der Waals surface area contributed by atoms with Gasteiger partial charge in [-0.2, -0.15) is 5.10 Å². The summed E-state index contributed by atoms with van der Waals surface area (Å²) in [6.45, 7) is 7.85. The second-order valence-corrected chi connectivity index (χ2v) is 7.98. The first kappa shape index (κ1) is 22.8. The van der Waals surface area contributed by atoms with Gasteiger partial charge in [0.25, 0.3) is 0 Å². The number of nitrogens with zero attached hydrogens (tertiary/aromatic N) is 4. The molecule has 8 heteroatoms. The van der Waals surface area contributed by atoms with Gasteiger partial charge in [-0.3, -0.25) is 9.67 Å². The van der Waals surface area contributed by atoms with Gasteiger partial charge in [0.05, 0.1) is 19.9 Å². The van der Waals surface area contributed by atoms with Gasteiger partial charge in [-0.1, -0.05) is 0 Å². The molecule has 0 spiro atoms. The van der Waals surface area contributed by atoms with Crippen LogP contribution in [-0.2, 0) is 6.54 Å². The number of rotatable bonds is 8. The highest BCUT2D eigenvalue weighted by atomic mass is 16.5. The highest BCUT2D eigenvalue weighted by molar-refractivity contribution is 5.80. The van der Waals surface area contributed by atoms with Crippen molar-refractivity contribution in [1.29, 1.82) is 0 Å². The van der Waals surface area contributed by atoms with Gasteiger partial charge >= 0.3 is 0 Å². The van der Waals surface area contributed by atoms with Crippen molar-refractivity contribution >= 4 is 11.6 Å². The molecule has 0 atom stereocenters. The molecule has 1 saturated heterocycles. The number of anilines is 1. The molecule has 0 radical (unpaired) electrons. The number of ether oxygens (including phenoxy) is 2. The molecule has 2 N–H and O–H groups in total. The second-order valence-electron chi connectivity index (χ2n) is 7.98. The lowest BCUT2D eigenvalue weighted by atomic mass is 10.0. The largest absolute Gasteiger partial charge is 0.497 e. The average Bonchev–Trinajstić information content (AvgIpc) is 3.12. The van der Waals surface area contributed by atoms with Crippen LogP contribution in [0, 0.1) is 13.8 Å². The normalized spacial score (nSPS) is 15.1. The van der Waals surface area contributed by atoms with Crippen LogP contribution in [-0.4, -0.2) is 62.7 Å². The number of piperidine rings is 1. The molecule has 0 bridgehead atoms. The summed E-state index contributed by atoms with van der Waals surface area (Å²) in [4.78, 5) is 6.78. The molecule has 0 unspecified atom stereocenters. The Kier molecular flexibility index (Phi) is 8.03. The first-order valence-corrected chi connectivity index (χ1v) is 11.0. The SMILES string of the molecule is CN=C(NCCCn1nc(C)cc1C)NC1CCN(c2cc(OC)cc(OC)c2)CC1. The van der Waals surface area contributed by atoms with Crippen LogP contribution in [0.2, 0.25) is 0 Å². The topological polar surface area (TPSA) is 75.9 Å². The number of aliphatic imine (C=N–C) groups is 1. The summed E-state index contributed by atoms with van der Waals surface area (Å²) in [7, 11) is 5.20. The quantitative estimate of drug-likeness (QED) is 0.383. The Morgan fingerprint density at radius 3 is 2.32 bits per heavy atom. The number of aryl methyl sites for hydroxylation is 3. The maximum Gasteiger partial charge on any atom is 0.191 e. The van der Waals surface area contributed by atoms with Crippen LogP contribution in [0.3, 0.4) is 0 Å². The molecule has 2 aromatic rings. The fourth-order valence-corrected chi connectivity index (χ4v) is 3.98. The Hall–Kier alpha value is -2.90. The number of aromatic nitrogens is 2. The maximum atomic E-state index is 5.41. The van der Waals surface area contributed by atoms with E-state index in [0.717, 1.165) is 74.3 Å². The van der Waals surface area contributed by atoms with E-state index in [-0.39, 0.29) is 0 Å². The molecule has 0 saturated carbocycles. The van der Waals surface area contributed by atoms with Crippen LogP contribution in [0.15, 0.2) is 29.3 Å². The van der Waals surface area contributed by atoms with E-state index < -0.39 is 0 Å². The number of benzene rings is 1. The van der Waals surface area contributed by atoms with Gasteiger partial charge in [0.15, 0.2) is 5.96 Å². The monoisotopic (exact) mass is 428 g/mol. The van der Waals surface area contributed by atoms with Crippen molar-refractivity contribution in [1.82, 2.24) is 20.4 Å². The lowest BCUT2D eigenvalue weighted by Crippen LogP contribution is -2.49. The van der Waals surface area contributed by atoms with Gasteiger partial charge in [0, 0.05) is 68.8 Å². The summed E-state index contributed by atoms with van der Waals surface area (Å²) < 4.78 is 12.9. The predicted octanol–water partition coefficient (Wildman–Crippen LogP) is 2.74. The number of hydrogen-bond acceptors (Lipinski definition) is 5. The first-order valence-electron chi connectivity index (χ1n) is 11.0. The zero-order chi connectivity index (χ0) is 22.2. The van der Waals surface area contributed by atoms with Gasteiger partial charge in [0.1, 0.15) is 11.5 Å². The molecular formula is C23H36N6O2. The fraction of sp³-hybridized carbons (Fsp3) is 0.565. The van der Waals surface area contributed by atoms with Gasteiger partial charge in [-0.15, -0.1) is 0 Å². The van der Waals surface area contributed by atoms with Crippen molar-refractivity contribution in [2.45, 2.75) is 45.7 Å². The van der Waals surface area contributed by atoms with E-state index >= 15 is 0 Å². The van der Waals surface area contributed by atoms with E-state index in [4.69, 9.17) is 9.47 Å². The zero-order valence-corrected chi connectivity index (χ0v) is 19.4. The van der Waals surface area contributed by atoms with E-state index in [1.165, 1.54) is 5.69 Å². The Labute approximate surface area is 185 Å². The molecule has 1 aliphatic rings. The number of nitrogens with one attached hydrogen (secondary N) is 2. The molecule has 1 aliphatic heterocycles. The van der Waals surface area contributed by atoms with E-state index in [9.17, 15) is 0 Å². The number of hydrogen-bond donors (Lipinski definition) is 2. The van der Waals surface area contributed by atoms with Crippen LogP contribution >= 0.6 is 0 Å². The summed E-state index contributed by atoms with van der Waals surface area (Å²) in [5, 5.41) is 11.5. The van der Waals surface area contributed by atoms with Crippen LogP contribution in [0.4, 0.5) is 5.69 Å². The van der Waals surface area contributed by atoms with Gasteiger partial charge in [-0.05, 0) is 39.2 Å². The second kappa shape index (κ2) is 10.9. The highest BCUT2D eigenvalue weighted by Crippen LogP contribution is 2.30.